The Kier molecular flexibility index (Phi) is 3.99. The topological polar surface area (TPSA) is 58.6 Å². The van der Waals surface area contributed by atoms with Crippen molar-refractivity contribution in [2.45, 2.75) is 31.7 Å². The number of nitrogens with zero attached hydrogens (tertiary/aromatic N) is 1. The molecule has 2 fully saturated rings. The maximum atomic E-state index is 11.6. The van der Waals surface area contributed by atoms with E-state index in [1.807, 2.05) is 0 Å². The Hall–Kier alpha value is -1.10. The number of amides is 1. The minimum absolute atomic E-state index is 0.0164. The van der Waals surface area contributed by atoms with Gasteiger partial charge in [0, 0.05) is 6.04 Å². The first-order valence-corrected chi connectivity index (χ1v) is 6.28. The maximum absolute atomic E-state index is 11.6. The molecule has 0 aromatic carbocycles. The molecule has 1 aliphatic carbocycles. The number of carbonyl (C=O) groups is 2. The third-order valence-corrected chi connectivity index (χ3v) is 3.43. The number of ether oxygens (including phenoxy) is 1. The molecule has 0 unspecified atom stereocenters. The van der Waals surface area contributed by atoms with Gasteiger partial charge in [-0.2, -0.15) is 0 Å². The van der Waals surface area contributed by atoms with Gasteiger partial charge in [-0.15, -0.1) is 0 Å². The molecule has 0 radical (unpaired) electrons. The van der Waals surface area contributed by atoms with Crippen LogP contribution in [-0.4, -0.2) is 49.6 Å². The fourth-order valence-corrected chi connectivity index (χ4v) is 2.20. The molecule has 5 heteroatoms. The first-order chi connectivity index (χ1) is 8.19. The Labute approximate surface area is 101 Å². The van der Waals surface area contributed by atoms with Crippen LogP contribution in [0.1, 0.15) is 25.7 Å². The van der Waals surface area contributed by atoms with Crippen molar-refractivity contribution in [1.82, 2.24) is 10.2 Å². The summed E-state index contributed by atoms with van der Waals surface area (Å²) in [5.41, 5.74) is 0. The van der Waals surface area contributed by atoms with Crippen LogP contribution in [0.2, 0.25) is 0 Å². The number of hydrogen-bond acceptors (Lipinski definition) is 4. The molecule has 1 saturated carbocycles. The molecule has 1 aliphatic heterocycles. The molecule has 1 N–H and O–H groups in total. The van der Waals surface area contributed by atoms with Crippen molar-refractivity contribution in [2.75, 3.05) is 26.7 Å². The number of methoxy groups -OCH3 is 1. The molecule has 2 rings (SSSR count). The van der Waals surface area contributed by atoms with Crippen molar-refractivity contribution < 1.29 is 14.3 Å². The third-order valence-electron chi connectivity index (χ3n) is 3.43. The second-order valence-electron chi connectivity index (χ2n) is 4.92. The van der Waals surface area contributed by atoms with Crippen molar-refractivity contribution >= 4 is 11.9 Å². The molecule has 0 atom stereocenters. The smallest absolute Gasteiger partial charge is 0.308 e. The molecule has 0 bridgehead atoms. The average molecular weight is 240 g/mol. The summed E-state index contributed by atoms with van der Waals surface area (Å²) in [6.07, 6.45) is 3.83. The molecule has 0 spiro atoms. The molecule has 2 aliphatic rings. The second-order valence-corrected chi connectivity index (χ2v) is 4.92. The van der Waals surface area contributed by atoms with Crippen LogP contribution in [-0.2, 0) is 14.3 Å². The van der Waals surface area contributed by atoms with Gasteiger partial charge in [0.15, 0.2) is 0 Å². The number of piperidine rings is 1. The highest BCUT2D eigenvalue weighted by molar-refractivity contribution is 5.78. The Balaban J connectivity index is 1.67. The van der Waals surface area contributed by atoms with E-state index in [1.165, 1.54) is 7.11 Å². The zero-order valence-corrected chi connectivity index (χ0v) is 10.3. The van der Waals surface area contributed by atoms with E-state index < -0.39 is 0 Å². The molecule has 5 nitrogen and oxygen atoms in total. The van der Waals surface area contributed by atoms with Gasteiger partial charge in [-0.3, -0.25) is 14.5 Å². The number of nitrogens with one attached hydrogen (secondary N) is 1. The summed E-state index contributed by atoms with van der Waals surface area (Å²) in [4.78, 5) is 25.0. The van der Waals surface area contributed by atoms with E-state index in [2.05, 4.69) is 10.2 Å². The molecule has 0 aromatic rings. The fraction of sp³-hybridized carbons (Fsp3) is 0.833. The van der Waals surface area contributed by atoms with Crippen molar-refractivity contribution in [3.63, 3.8) is 0 Å². The van der Waals surface area contributed by atoms with Gasteiger partial charge < -0.3 is 10.1 Å². The molecule has 1 amide bonds. The quantitative estimate of drug-likeness (QED) is 0.711. The highest BCUT2D eigenvalue weighted by Gasteiger charge is 2.28. The molecular weight excluding hydrogens is 220 g/mol. The Morgan fingerprint density at radius 2 is 1.88 bits per heavy atom. The minimum atomic E-state index is -0.118. The SMILES string of the molecule is COC(=O)C1CCN(CC(=O)NC2CC2)CC1. The van der Waals surface area contributed by atoms with E-state index in [1.54, 1.807) is 0 Å². The lowest BCUT2D eigenvalue weighted by Crippen LogP contribution is -2.43. The Morgan fingerprint density at radius 1 is 1.24 bits per heavy atom. The summed E-state index contributed by atoms with van der Waals surface area (Å²) < 4.78 is 4.73. The van der Waals surface area contributed by atoms with Gasteiger partial charge in [-0.25, -0.2) is 0 Å². The molecular formula is C12H20N2O3. The molecule has 96 valence electrons. The standard InChI is InChI=1S/C12H20N2O3/c1-17-12(16)9-4-6-14(7-5-9)8-11(15)13-10-2-3-10/h9-10H,2-8H2,1H3,(H,13,15). The van der Waals surface area contributed by atoms with Crippen LogP contribution in [0.15, 0.2) is 0 Å². The number of carbonyl (C=O) groups excluding carboxylic acids is 2. The lowest BCUT2D eigenvalue weighted by atomic mass is 9.97. The third kappa shape index (κ3) is 3.70. The highest BCUT2D eigenvalue weighted by atomic mass is 16.5. The first kappa shape index (κ1) is 12.4. The zero-order chi connectivity index (χ0) is 12.3. The summed E-state index contributed by atoms with van der Waals surface area (Å²) in [7, 11) is 1.43. The summed E-state index contributed by atoms with van der Waals surface area (Å²) >= 11 is 0. The maximum Gasteiger partial charge on any atom is 0.308 e. The number of esters is 1. The van der Waals surface area contributed by atoms with Gasteiger partial charge in [-0.05, 0) is 38.8 Å². The Morgan fingerprint density at radius 3 is 2.41 bits per heavy atom. The van der Waals surface area contributed by atoms with Crippen LogP contribution < -0.4 is 5.32 Å². The van der Waals surface area contributed by atoms with Crippen LogP contribution in [0.25, 0.3) is 0 Å². The van der Waals surface area contributed by atoms with Gasteiger partial charge in [0.2, 0.25) is 5.91 Å². The number of hydrogen-bond donors (Lipinski definition) is 1. The molecule has 1 saturated heterocycles. The average Bonchev–Trinajstić information content (AvgIpc) is 3.12. The lowest BCUT2D eigenvalue weighted by Gasteiger charge is -2.29. The molecule has 17 heavy (non-hydrogen) atoms. The first-order valence-electron chi connectivity index (χ1n) is 6.28. The highest BCUT2D eigenvalue weighted by Crippen LogP contribution is 2.20. The predicted octanol–water partition coefficient (Wildman–Crippen LogP) is 0.150. The van der Waals surface area contributed by atoms with E-state index >= 15 is 0 Å². The summed E-state index contributed by atoms with van der Waals surface area (Å²) in [5, 5.41) is 2.97. The van der Waals surface area contributed by atoms with Crippen molar-refractivity contribution in [2.24, 2.45) is 5.92 Å². The number of likely N-dealkylation sites (tertiary alicyclic amines) is 1. The normalized spacial score (nSPS) is 22.2. The molecule has 0 aromatic heterocycles. The van der Waals surface area contributed by atoms with Gasteiger partial charge in [0.1, 0.15) is 0 Å². The van der Waals surface area contributed by atoms with Crippen LogP contribution >= 0.6 is 0 Å². The second kappa shape index (κ2) is 5.49. The van der Waals surface area contributed by atoms with Crippen molar-refractivity contribution in [3.8, 4) is 0 Å². The van der Waals surface area contributed by atoms with Crippen LogP contribution in [0.4, 0.5) is 0 Å². The van der Waals surface area contributed by atoms with Crippen molar-refractivity contribution in [1.29, 1.82) is 0 Å². The Bertz CT molecular complexity index is 294. The predicted molar refractivity (Wildman–Crippen MR) is 62.3 cm³/mol. The van der Waals surface area contributed by atoms with Crippen LogP contribution in [0.3, 0.4) is 0 Å². The minimum Gasteiger partial charge on any atom is -0.469 e. The van der Waals surface area contributed by atoms with Crippen LogP contribution in [0, 0.1) is 5.92 Å². The largest absolute Gasteiger partial charge is 0.469 e. The number of rotatable bonds is 4. The van der Waals surface area contributed by atoms with Gasteiger partial charge in [0.25, 0.3) is 0 Å². The van der Waals surface area contributed by atoms with E-state index in [9.17, 15) is 9.59 Å². The van der Waals surface area contributed by atoms with Gasteiger partial charge in [0.05, 0.1) is 19.6 Å². The van der Waals surface area contributed by atoms with E-state index in [0.29, 0.717) is 12.6 Å². The lowest BCUT2D eigenvalue weighted by molar-refractivity contribution is -0.147. The summed E-state index contributed by atoms with van der Waals surface area (Å²) in [6, 6.07) is 0.426. The fourth-order valence-electron chi connectivity index (χ4n) is 2.20. The van der Waals surface area contributed by atoms with Gasteiger partial charge >= 0.3 is 5.97 Å². The van der Waals surface area contributed by atoms with E-state index in [0.717, 1.165) is 38.8 Å². The van der Waals surface area contributed by atoms with E-state index in [4.69, 9.17) is 4.74 Å². The summed E-state index contributed by atoms with van der Waals surface area (Å²) in [6.45, 7) is 2.07. The van der Waals surface area contributed by atoms with Gasteiger partial charge in [-0.1, -0.05) is 0 Å². The van der Waals surface area contributed by atoms with Crippen LogP contribution in [0.5, 0.6) is 0 Å². The van der Waals surface area contributed by atoms with Crippen molar-refractivity contribution in [3.05, 3.63) is 0 Å². The molecule has 1 heterocycles. The van der Waals surface area contributed by atoms with E-state index in [-0.39, 0.29) is 17.8 Å². The summed E-state index contributed by atoms with van der Waals surface area (Å²) in [5.74, 6) is 0.0128. The zero-order valence-electron chi connectivity index (χ0n) is 10.3. The monoisotopic (exact) mass is 240 g/mol.